The molecule has 2 rings (SSSR count). The van der Waals surface area contributed by atoms with Crippen molar-refractivity contribution in [2.45, 2.75) is 26.2 Å². The van der Waals surface area contributed by atoms with Gasteiger partial charge in [-0.15, -0.1) is 0 Å². The van der Waals surface area contributed by atoms with Crippen LogP contribution >= 0.6 is 0 Å². The lowest BCUT2D eigenvalue weighted by atomic mass is 9.98. The van der Waals surface area contributed by atoms with Crippen molar-refractivity contribution in [3.63, 3.8) is 0 Å². The average molecular weight is 259 g/mol. The summed E-state index contributed by atoms with van der Waals surface area (Å²) in [5, 5.41) is 0. The monoisotopic (exact) mass is 259 g/mol. The summed E-state index contributed by atoms with van der Waals surface area (Å²) in [4.78, 5) is 0. The molecular weight excluding hydrogens is 241 g/mol. The summed E-state index contributed by atoms with van der Waals surface area (Å²) in [7, 11) is 0. The van der Waals surface area contributed by atoms with Crippen molar-refractivity contribution < 1.29 is 9.13 Å². The van der Waals surface area contributed by atoms with Crippen molar-refractivity contribution in [3.8, 4) is 11.5 Å². The van der Waals surface area contributed by atoms with Crippen LogP contribution in [0, 0.1) is 5.82 Å². The highest BCUT2D eigenvalue weighted by Gasteiger charge is 2.12. The first-order valence-corrected chi connectivity index (χ1v) is 6.43. The Balaban J connectivity index is 2.33. The second-order valence-corrected chi connectivity index (χ2v) is 4.64. The largest absolute Gasteiger partial charge is 0.454 e. The van der Waals surface area contributed by atoms with Crippen LogP contribution in [-0.2, 0) is 0 Å². The molecule has 1 atom stereocenters. The van der Waals surface area contributed by atoms with E-state index in [1.54, 1.807) is 12.1 Å². The van der Waals surface area contributed by atoms with E-state index in [-0.39, 0.29) is 5.75 Å². The number of halogens is 1. The van der Waals surface area contributed by atoms with E-state index >= 15 is 0 Å². The molecular formula is C16H18FNO. The maximum absolute atomic E-state index is 13.7. The number of para-hydroxylation sites is 1. The Morgan fingerprint density at radius 3 is 2.58 bits per heavy atom. The molecule has 19 heavy (non-hydrogen) atoms. The number of hydrogen-bond acceptors (Lipinski definition) is 2. The SMILES string of the molecule is CCC(C)c1ccccc1Oc1ccc(N)cc1F. The van der Waals surface area contributed by atoms with Gasteiger partial charge < -0.3 is 10.5 Å². The summed E-state index contributed by atoms with van der Waals surface area (Å²) in [6, 6.07) is 12.2. The van der Waals surface area contributed by atoms with E-state index in [1.807, 2.05) is 24.3 Å². The molecule has 0 aliphatic carbocycles. The predicted molar refractivity (Wildman–Crippen MR) is 76.0 cm³/mol. The highest BCUT2D eigenvalue weighted by molar-refractivity contribution is 5.45. The topological polar surface area (TPSA) is 35.2 Å². The van der Waals surface area contributed by atoms with E-state index in [9.17, 15) is 4.39 Å². The van der Waals surface area contributed by atoms with Gasteiger partial charge in [-0.2, -0.15) is 0 Å². The number of anilines is 1. The molecule has 2 aromatic carbocycles. The summed E-state index contributed by atoms with van der Waals surface area (Å²) in [5.41, 5.74) is 7.00. The summed E-state index contributed by atoms with van der Waals surface area (Å²) in [5.74, 6) is 0.817. The molecule has 0 aliphatic rings. The van der Waals surface area contributed by atoms with Crippen LogP contribution < -0.4 is 10.5 Å². The summed E-state index contributed by atoms with van der Waals surface area (Å²) in [6.07, 6.45) is 1.00. The fraction of sp³-hybridized carbons (Fsp3) is 0.250. The summed E-state index contributed by atoms with van der Waals surface area (Å²) < 4.78 is 19.4. The molecule has 0 fully saturated rings. The second-order valence-electron chi connectivity index (χ2n) is 4.64. The molecule has 0 amide bonds. The number of ether oxygens (including phenoxy) is 1. The first kappa shape index (κ1) is 13.4. The van der Waals surface area contributed by atoms with Crippen LogP contribution in [0.5, 0.6) is 11.5 Å². The predicted octanol–water partition coefficient (Wildman–Crippen LogP) is 4.71. The van der Waals surface area contributed by atoms with Gasteiger partial charge in [0.2, 0.25) is 0 Å². The first-order valence-electron chi connectivity index (χ1n) is 6.43. The molecule has 1 unspecified atom stereocenters. The lowest BCUT2D eigenvalue weighted by Crippen LogP contribution is -1.97. The highest BCUT2D eigenvalue weighted by Crippen LogP contribution is 2.33. The Morgan fingerprint density at radius 2 is 1.89 bits per heavy atom. The fourth-order valence-corrected chi connectivity index (χ4v) is 1.92. The molecule has 2 N–H and O–H groups in total. The molecule has 100 valence electrons. The van der Waals surface area contributed by atoms with Crippen LogP contribution in [0.4, 0.5) is 10.1 Å². The third kappa shape index (κ3) is 3.05. The van der Waals surface area contributed by atoms with Gasteiger partial charge in [0.15, 0.2) is 11.6 Å². The van der Waals surface area contributed by atoms with Crippen molar-refractivity contribution in [2.75, 3.05) is 5.73 Å². The Bertz CT molecular complexity index is 568. The Morgan fingerprint density at radius 1 is 1.16 bits per heavy atom. The minimum atomic E-state index is -0.445. The van der Waals surface area contributed by atoms with Gasteiger partial charge in [-0.1, -0.05) is 32.0 Å². The Kier molecular flexibility index (Phi) is 4.05. The smallest absolute Gasteiger partial charge is 0.167 e. The molecule has 2 aromatic rings. The zero-order valence-corrected chi connectivity index (χ0v) is 11.2. The fourth-order valence-electron chi connectivity index (χ4n) is 1.92. The van der Waals surface area contributed by atoms with Crippen LogP contribution in [0.3, 0.4) is 0 Å². The normalized spacial score (nSPS) is 12.2. The molecule has 0 radical (unpaired) electrons. The molecule has 0 saturated carbocycles. The number of nitrogens with two attached hydrogens (primary N) is 1. The standard InChI is InChI=1S/C16H18FNO/c1-3-11(2)13-6-4-5-7-15(13)19-16-9-8-12(18)10-14(16)17/h4-11H,3,18H2,1-2H3. The molecule has 0 saturated heterocycles. The minimum absolute atomic E-state index is 0.199. The van der Waals surface area contributed by atoms with Crippen molar-refractivity contribution in [1.29, 1.82) is 0 Å². The summed E-state index contributed by atoms with van der Waals surface area (Å²) in [6.45, 7) is 4.24. The maximum Gasteiger partial charge on any atom is 0.167 e. The Labute approximate surface area is 113 Å². The molecule has 3 heteroatoms. The number of benzene rings is 2. The van der Waals surface area contributed by atoms with Gasteiger partial charge in [0, 0.05) is 11.8 Å². The highest BCUT2D eigenvalue weighted by atomic mass is 19.1. The maximum atomic E-state index is 13.7. The van der Waals surface area contributed by atoms with Crippen molar-refractivity contribution >= 4 is 5.69 Å². The van der Waals surface area contributed by atoms with E-state index in [0.717, 1.165) is 12.0 Å². The van der Waals surface area contributed by atoms with E-state index in [4.69, 9.17) is 10.5 Å². The van der Waals surface area contributed by atoms with Crippen LogP contribution in [0.1, 0.15) is 31.7 Å². The molecule has 0 aliphatic heterocycles. The zero-order valence-electron chi connectivity index (χ0n) is 11.2. The van der Waals surface area contributed by atoms with Crippen LogP contribution in [0.2, 0.25) is 0 Å². The van der Waals surface area contributed by atoms with Crippen LogP contribution in [0.15, 0.2) is 42.5 Å². The van der Waals surface area contributed by atoms with Gasteiger partial charge in [0.1, 0.15) is 5.75 Å². The number of rotatable bonds is 4. The van der Waals surface area contributed by atoms with E-state index in [2.05, 4.69) is 13.8 Å². The third-order valence-electron chi connectivity index (χ3n) is 3.24. The lowest BCUT2D eigenvalue weighted by molar-refractivity contribution is 0.434. The van der Waals surface area contributed by atoms with Gasteiger partial charge in [-0.05, 0) is 36.1 Å². The average Bonchev–Trinajstić information content (AvgIpc) is 2.41. The third-order valence-corrected chi connectivity index (χ3v) is 3.24. The zero-order chi connectivity index (χ0) is 13.8. The van der Waals surface area contributed by atoms with Gasteiger partial charge in [0.25, 0.3) is 0 Å². The van der Waals surface area contributed by atoms with Gasteiger partial charge in [-0.25, -0.2) is 4.39 Å². The molecule has 0 bridgehead atoms. The summed E-state index contributed by atoms with van der Waals surface area (Å²) >= 11 is 0. The van der Waals surface area contributed by atoms with Crippen molar-refractivity contribution in [2.24, 2.45) is 0 Å². The van der Waals surface area contributed by atoms with Crippen LogP contribution in [0.25, 0.3) is 0 Å². The first-order chi connectivity index (χ1) is 9.11. The quantitative estimate of drug-likeness (QED) is 0.807. The molecule has 0 spiro atoms. The molecule has 0 aromatic heterocycles. The van der Waals surface area contributed by atoms with Gasteiger partial charge in [-0.3, -0.25) is 0 Å². The lowest BCUT2D eigenvalue weighted by Gasteiger charge is -2.15. The minimum Gasteiger partial charge on any atom is -0.454 e. The number of hydrogen-bond donors (Lipinski definition) is 1. The van der Waals surface area contributed by atoms with Gasteiger partial charge in [0.05, 0.1) is 0 Å². The van der Waals surface area contributed by atoms with Crippen molar-refractivity contribution in [3.05, 3.63) is 53.8 Å². The van der Waals surface area contributed by atoms with E-state index < -0.39 is 5.82 Å². The second kappa shape index (κ2) is 5.74. The van der Waals surface area contributed by atoms with Crippen LogP contribution in [-0.4, -0.2) is 0 Å². The van der Waals surface area contributed by atoms with Crippen molar-refractivity contribution in [1.82, 2.24) is 0 Å². The molecule has 0 heterocycles. The number of nitrogen functional groups attached to an aromatic ring is 1. The van der Waals surface area contributed by atoms with E-state index in [1.165, 1.54) is 6.07 Å². The molecule has 2 nitrogen and oxygen atoms in total. The Hall–Kier alpha value is -2.03. The van der Waals surface area contributed by atoms with Gasteiger partial charge >= 0.3 is 0 Å². The van der Waals surface area contributed by atoms with E-state index in [0.29, 0.717) is 17.4 Å².